The molecular weight excluding hydrogens is 216 g/mol. The smallest absolute Gasteiger partial charge is 0.158 e. The van der Waals surface area contributed by atoms with Crippen LogP contribution in [0, 0.1) is 0 Å². The van der Waals surface area contributed by atoms with Crippen LogP contribution in [0.2, 0.25) is 0 Å². The van der Waals surface area contributed by atoms with Crippen LogP contribution < -0.4 is 10.6 Å². The second-order valence-corrected chi connectivity index (χ2v) is 4.08. The number of anilines is 2. The minimum Gasteiger partial charge on any atom is -0.384 e. The van der Waals surface area contributed by atoms with E-state index in [1.165, 1.54) is 0 Å². The van der Waals surface area contributed by atoms with Crippen molar-refractivity contribution >= 4 is 11.6 Å². The summed E-state index contributed by atoms with van der Waals surface area (Å²) in [5, 5.41) is 0. The fraction of sp³-hybridized carbons (Fsp3) is 0.667. The number of nitrogens with zero attached hydrogens (tertiary/aromatic N) is 3. The summed E-state index contributed by atoms with van der Waals surface area (Å²) in [6.45, 7) is 4.73. The van der Waals surface area contributed by atoms with Gasteiger partial charge in [0.15, 0.2) is 5.82 Å². The lowest BCUT2D eigenvalue weighted by atomic mass is 10.1. The van der Waals surface area contributed by atoms with Crippen molar-refractivity contribution in [2.75, 3.05) is 24.8 Å². The number of hydrogen-bond donors (Lipinski definition) is 1. The van der Waals surface area contributed by atoms with Crippen LogP contribution in [0.4, 0.5) is 11.6 Å². The summed E-state index contributed by atoms with van der Waals surface area (Å²) in [5.41, 5.74) is 5.78. The average molecular weight is 238 g/mol. The summed E-state index contributed by atoms with van der Waals surface area (Å²) in [7, 11) is 3.66. The van der Waals surface area contributed by atoms with Gasteiger partial charge in [-0.25, -0.2) is 9.97 Å². The van der Waals surface area contributed by atoms with E-state index in [0.717, 1.165) is 18.7 Å². The van der Waals surface area contributed by atoms with Gasteiger partial charge in [-0.3, -0.25) is 0 Å². The Balaban J connectivity index is 2.95. The Kier molecular flexibility index (Phi) is 5.15. The van der Waals surface area contributed by atoms with E-state index in [4.69, 9.17) is 10.5 Å². The largest absolute Gasteiger partial charge is 0.384 e. The van der Waals surface area contributed by atoms with Crippen molar-refractivity contribution in [2.45, 2.75) is 39.3 Å². The van der Waals surface area contributed by atoms with Crippen LogP contribution in [0.1, 0.15) is 32.5 Å². The molecular formula is C12H22N4O. The van der Waals surface area contributed by atoms with Gasteiger partial charge >= 0.3 is 0 Å². The van der Waals surface area contributed by atoms with E-state index in [9.17, 15) is 0 Å². The molecule has 0 radical (unpaired) electrons. The molecule has 0 aromatic carbocycles. The summed E-state index contributed by atoms with van der Waals surface area (Å²) in [6, 6.07) is 2.27. The molecule has 0 aliphatic heterocycles. The molecule has 17 heavy (non-hydrogen) atoms. The molecule has 1 heterocycles. The van der Waals surface area contributed by atoms with E-state index in [2.05, 4.69) is 28.7 Å². The van der Waals surface area contributed by atoms with Crippen molar-refractivity contribution in [3.05, 3.63) is 11.9 Å². The number of rotatable bonds is 6. The molecule has 0 atom stereocenters. The van der Waals surface area contributed by atoms with E-state index in [1.807, 2.05) is 7.05 Å². The van der Waals surface area contributed by atoms with Crippen LogP contribution in [-0.2, 0) is 11.3 Å². The molecule has 0 bridgehead atoms. The van der Waals surface area contributed by atoms with E-state index in [-0.39, 0.29) is 0 Å². The molecule has 0 fully saturated rings. The van der Waals surface area contributed by atoms with Gasteiger partial charge in [-0.05, 0) is 12.8 Å². The van der Waals surface area contributed by atoms with Crippen molar-refractivity contribution in [1.29, 1.82) is 0 Å². The summed E-state index contributed by atoms with van der Waals surface area (Å²) < 4.78 is 5.03. The highest BCUT2D eigenvalue weighted by Gasteiger charge is 2.14. The maximum absolute atomic E-state index is 5.78. The number of methoxy groups -OCH3 is 1. The number of hydrogen-bond acceptors (Lipinski definition) is 5. The quantitative estimate of drug-likeness (QED) is 0.819. The van der Waals surface area contributed by atoms with E-state index < -0.39 is 0 Å². The van der Waals surface area contributed by atoms with Crippen molar-refractivity contribution in [3.8, 4) is 0 Å². The van der Waals surface area contributed by atoms with Gasteiger partial charge in [0.05, 0.1) is 0 Å². The van der Waals surface area contributed by atoms with E-state index in [0.29, 0.717) is 24.3 Å². The van der Waals surface area contributed by atoms with Crippen molar-refractivity contribution < 1.29 is 4.74 Å². The Bertz CT molecular complexity index is 352. The zero-order valence-corrected chi connectivity index (χ0v) is 11.1. The molecule has 1 aromatic rings. The van der Waals surface area contributed by atoms with Gasteiger partial charge in [0, 0.05) is 26.3 Å². The highest BCUT2D eigenvalue weighted by atomic mass is 16.5. The Hall–Kier alpha value is -1.36. The molecule has 2 N–H and O–H groups in total. The third-order valence-electron chi connectivity index (χ3n) is 2.90. The summed E-state index contributed by atoms with van der Waals surface area (Å²) in [4.78, 5) is 10.7. The van der Waals surface area contributed by atoms with Gasteiger partial charge in [0.25, 0.3) is 0 Å². The predicted molar refractivity (Wildman–Crippen MR) is 69.9 cm³/mol. The average Bonchev–Trinajstić information content (AvgIpc) is 2.30. The first-order chi connectivity index (χ1) is 8.12. The fourth-order valence-electron chi connectivity index (χ4n) is 1.90. The van der Waals surface area contributed by atoms with Crippen LogP contribution in [0.15, 0.2) is 6.07 Å². The highest BCUT2D eigenvalue weighted by molar-refractivity contribution is 5.47. The van der Waals surface area contributed by atoms with Crippen molar-refractivity contribution in [3.63, 3.8) is 0 Å². The molecule has 96 valence electrons. The normalized spacial score (nSPS) is 10.9. The maximum Gasteiger partial charge on any atom is 0.158 e. The molecule has 0 unspecified atom stereocenters. The third-order valence-corrected chi connectivity index (χ3v) is 2.90. The zero-order chi connectivity index (χ0) is 12.8. The molecule has 5 heteroatoms. The Morgan fingerprint density at radius 2 is 2.00 bits per heavy atom. The van der Waals surface area contributed by atoms with Crippen LogP contribution in [0.3, 0.4) is 0 Å². The molecule has 0 aliphatic carbocycles. The van der Waals surface area contributed by atoms with Gasteiger partial charge in [-0.15, -0.1) is 0 Å². The zero-order valence-electron chi connectivity index (χ0n) is 11.1. The standard InChI is InChI=1S/C12H22N4O/c1-5-9(6-2)16(3)12-7-10(13)14-11(15-12)8-17-4/h7,9H,5-6,8H2,1-4H3,(H2,13,14,15). The number of nitrogens with two attached hydrogens (primary N) is 1. The monoisotopic (exact) mass is 238 g/mol. The highest BCUT2D eigenvalue weighted by Crippen LogP contribution is 2.18. The van der Waals surface area contributed by atoms with E-state index in [1.54, 1.807) is 13.2 Å². The Labute approximate surface area is 103 Å². The third kappa shape index (κ3) is 3.56. The Morgan fingerprint density at radius 1 is 1.35 bits per heavy atom. The lowest BCUT2D eigenvalue weighted by molar-refractivity contribution is 0.178. The maximum atomic E-state index is 5.78. The minimum atomic E-state index is 0.384. The molecule has 0 amide bonds. The van der Waals surface area contributed by atoms with Crippen molar-refractivity contribution in [2.24, 2.45) is 0 Å². The van der Waals surface area contributed by atoms with Gasteiger partial charge in [0.2, 0.25) is 0 Å². The first-order valence-corrected chi connectivity index (χ1v) is 5.97. The Morgan fingerprint density at radius 3 is 2.53 bits per heavy atom. The van der Waals surface area contributed by atoms with Crippen molar-refractivity contribution in [1.82, 2.24) is 9.97 Å². The lowest BCUT2D eigenvalue weighted by Crippen LogP contribution is -2.31. The first-order valence-electron chi connectivity index (χ1n) is 5.97. The van der Waals surface area contributed by atoms with Gasteiger partial charge in [-0.1, -0.05) is 13.8 Å². The van der Waals surface area contributed by atoms with E-state index >= 15 is 0 Å². The second-order valence-electron chi connectivity index (χ2n) is 4.08. The summed E-state index contributed by atoms with van der Waals surface area (Å²) >= 11 is 0. The number of nitrogen functional groups attached to an aromatic ring is 1. The summed E-state index contributed by atoms with van der Waals surface area (Å²) in [5.74, 6) is 1.97. The lowest BCUT2D eigenvalue weighted by Gasteiger charge is -2.27. The SMILES string of the molecule is CCC(CC)N(C)c1cc(N)nc(COC)n1. The van der Waals surface area contributed by atoms with Crippen LogP contribution >= 0.6 is 0 Å². The second kappa shape index (κ2) is 6.39. The molecule has 1 rings (SSSR count). The first kappa shape index (κ1) is 13.7. The topological polar surface area (TPSA) is 64.3 Å². The van der Waals surface area contributed by atoms with Crippen LogP contribution in [0.25, 0.3) is 0 Å². The molecule has 0 aliphatic rings. The fourth-order valence-corrected chi connectivity index (χ4v) is 1.90. The molecule has 0 spiro atoms. The van der Waals surface area contributed by atoms with Gasteiger partial charge < -0.3 is 15.4 Å². The van der Waals surface area contributed by atoms with Crippen LogP contribution in [-0.4, -0.2) is 30.2 Å². The molecule has 5 nitrogen and oxygen atoms in total. The van der Waals surface area contributed by atoms with Crippen LogP contribution in [0.5, 0.6) is 0 Å². The molecule has 0 saturated heterocycles. The molecule has 1 aromatic heterocycles. The number of ether oxygens (including phenoxy) is 1. The minimum absolute atomic E-state index is 0.384. The summed E-state index contributed by atoms with van der Waals surface area (Å²) in [6.07, 6.45) is 2.16. The molecule has 0 saturated carbocycles. The van der Waals surface area contributed by atoms with Gasteiger partial charge in [-0.2, -0.15) is 0 Å². The number of aromatic nitrogens is 2. The van der Waals surface area contributed by atoms with Gasteiger partial charge in [0.1, 0.15) is 18.2 Å². The predicted octanol–water partition coefficient (Wildman–Crippen LogP) is 1.83.